The molecule has 136 valence electrons. The van der Waals surface area contributed by atoms with Gasteiger partial charge >= 0.3 is 5.69 Å². The first-order valence-corrected chi connectivity index (χ1v) is 10.4. The molecule has 0 N–H and O–H groups in total. The average molecular weight is 380 g/mol. The number of nitro groups is 1. The highest BCUT2D eigenvalue weighted by Crippen LogP contribution is 2.31. The normalized spacial score (nSPS) is 12.6. The van der Waals surface area contributed by atoms with Gasteiger partial charge in [0, 0.05) is 24.9 Å². The number of hydrogen-bond donors (Lipinski definition) is 0. The Morgan fingerprint density at radius 2 is 1.83 bits per heavy atom. The Morgan fingerprint density at radius 3 is 2.25 bits per heavy atom. The predicted molar refractivity (Wildman–Crippen MR) is 88.4 cm³/mol. The van der Waals surface area contributed by atoms with Crippen molar-refractivity contribution < 1.29 is 26.5 Å². The van der Waals surface area contributed by atoms with Crippen LogP contribution in [0.15, 0.2) is 23.1 Å². The van der Waals surface area contributed by atoms with Crippen molar-refractivity contribution in [3.63, 3.8) is 0 Å². The van der Waals surface area contributed by atoms with E-state index in [0.717, 1.165) is 16.6 Å². The summed E-state index contributed by atoms with van der Waals surface area (Å²) in [6.07, 6.45) is 1.01. The van der Waals surface area contributed by atoms with Gasteiger partial charge in [0.05, 0.1) is 22.7 Å². The lowest BCUT2D eigenvalue weighted by atomic mass is 10.3. The maximum Gasteiger partial charge on any atom is 0.312 e. The van der Waals surface area contributed by atoms with Gasteiger partial charge in [0.2, 0.25) is 10.0 Å². The monoisotopic (exact) mass is 380 g/mol. The van der Waals surface area contributed by atoms with E-state index in [9.17, 15) is 26.9 Å². The third-order valence-electron chi connectivity index (χ3n) is 3.21. The number of benzene rings is 1. The van der Waals surface area contributed by atoms with Gasteiger partial charge in [-0.15, -0.1) is 0 Å². The molecule has 0 fully saturated rings. The van der Waals surface area contributed by atoms with Crippen molar-refractivity contribution >= 4 is 25.5 Å². The van der Waals surface area contributed by atoms with Crippen molar-refractivity contribution in [2.75, 3.05) is 25.7 Å². The Labute approximate surface area is 141 Å². The number of sulfonamides is 1. The smallest absolute Gasteiger partial charge is 0.312 e. The van der Waals surface area contributed by atoms with Gasteiger partial charge in [-0.2, -0.15) is 4.31 Å². The summed E-state index contributed by atoms with van der Waals surface area (Å²) in [5.41, 5.74) is -0.481. The minimum Gasteiger partial charge on any atom is -0.490 e. The molecule has 0 aliphatic rings. The Balaban J connectivity index is 3.34. The van der Waals surface area contributed by atoms with E-state index in [1.807, 2.05) is 0 Å². The number of nitrogens with zero attached hydrogens (tertiary/aromatic N) is 2. The minimum atomic E-state index is -4.09. The lowest BCUT2D eigenvalue weighted by Gasteiger charge is -2.25. The third kappa shape index (κ3) is 4.89. The summed E-state index contributed by atoms with van der Waals surface area (Å²) >= 11 is 0. The largest absolute Gasteiger partial charge is 0.490 e. The zero-order valence-electron chi connectivity index (χ0n) is 13.8. The summed E-state index contributed by atoms with van der Waals surface area (Å²) < 4.78 is 54.0. The van der Waals surface area contributed by atoms with Crippen LogP contribution in [0.2, 0.25) is 0 Å². The molecule has 1 aromatic carbocycles. The first-order chi connectivity index (χ1) is 10.9. The van der Waals surface area contributed by atoms with Gasteiger partial charge in [-0.3, -0.25) is 10.1 Å². The third-order valence-corrected chi connectivity index (χ3v) is 6.21. The van der Waals surface area contributed by atoms with Crippen LogP contribution in [0.4, 0.5) is 5.69 Å². The number of nitro benzene ring substituents is 1. The first kappa shape index (κ1) is 20.3. The lowest BCUT2D eigenvalue weighted by Crippen LogP contribution is -2.40. The van der Waals surface area contributed by atoms with Crippen LogP contribution in [0.5, 0.6) is 5.75 Å². The molecule has 0 bridgehead atoms. The molecule has 0 radical (unpaired) electrons. The molecule has 0 saturated carbocycles. The second kappa shape index (κ2) is 7.45. The molecule has 0 spiro atoms. The first-order valence-electron chi connectivity index (χ1n) is 6.92. The van der Waals surface area contributed by atoms with Crippen molar-refractivity contribution in [1.82, 2.24) is 4.31 Å². The van der Waals surface area contributed by atoms with Crippen molar-refractivity contribution in [2.24, 2.45) is 0 Å². The zero-order chi connectivity index (χ0) is 18.7. The van der Waals surface area contributed by atoms with Gasteiger partial charge in [0.25, 0.3) is 0 Å². The van der Waals surface area contributed by atoms with Gasteiger partial charge in [-0.25, -0.2) is 16.8 Å². The number of hydrogen-bond acceptors (Lipinski definition) is 7. The quantitative estimate of drug-likeness (QED) is 0.487. The standard InChI is InChI=1S/C13H20N2O7S2/c1-10(2)14(7-8-23(4,18)19)24(20,21)11-5-6-13(22-3)12(9-11)15(16)17/h5-6,9-10H,7-8H2,1-4H3. The molecule has 1 aromatic rings. The molecular weight excluding hydrogens is 360 g/mol. The Morgan fingerprint density at radius 1 is 1.25 bits per heavy atom. The van der Waals surface area contributed by atoms with Gasteiger partial charge < -0.3 is 4.74 Å². The van der Waals surface area contributed by atoms with E-state index in [0.29, 0.717) is 0 Å². The van der Waals surface area contributed by atoms with Crippen LogP contribution in [0.1, 0.15) is 13.8 Å². The fourth-order valence-electron chi connectivity index (χ4n) is 2.02. The Hall–Kier alpha value is -1.72. The summed E-state index contributed by atoms with van der Waals surface area (Å²) in [6.45, 7) is 2.95. The van der Waals surface area contributed by atoms with E-state index >= 15 is 0 Å². The summed E-state index contributed by atoms with van der Waals surface area (Å²) in [5.74, 6) is -0.408. The van der Waals surface area contributed by atoms with Gasteiger partial charge in [-0.05, 0) is 26.0 Å². The summed E-state index contributed by atoms with van der Waals surface area (Å²) in [4.78, 5) is 10.0. The number of ether oxygens (including phenoxy) is 1. The topological polar surface area (TPSA) is 124 Å². The van der Waals surface area contributed by atoms with Crippen LogP contribution in [-0.4, -0.2) is 57.8 Å². The molecule has 0 aliphatic carbocycles. The molecule has 0 amide bonds. The summed E-state index contributed by atoms with van der Waals surface area (Å²) in [7, 11) is -6.22. The minimum absolute atomic E-state index is 0.0637. The molecule has 0 atom stereocenters. The SMILES string of the molecule is COc1ccc(S(=O)(=O)N(CCS(C)(=O)=O)C(C)C)cc1[N+](=O)[O-]. The number of methoxy groups -OCH3 is 1. The maximum atomic E-state index is 12.7. The molecule has 9 nitrogen and oxygen atoms in total. The van der Waals surface area contributed by atoms with Crippen molar-refractivity contribution in [1.29, 1.82) is 0 Å². The van der Waals surface area contributed by atoms with Crippen LogP contribution in [-0.2, 0) is 19.9 Å². The molecule has 0 aliphatic heterocycles. The molecule has 1 rings (SSSR count). The van der Waals surface area contributed by atoms with Crippen LogP contribution in [0.25, 0.3) is 0 Å². The van der Waals surface area contributed by atoms with Crippen molar-refractivity contribution in [3.8, 4) is 5.75 Å². The van der Waals surface area contributed by atoms with Crippen LogP contribution in [0.3, 0.4) is 0 Å². The summed E-state index contributed by atoms with van der Waals surface area (Å²) in [6, 6.07) is 2.78. The molecule has 24 heavy (non-hydrogen) atoms. The fourth-order valence-corrected chi connectivity index (χ4v) is 4.32. The van der Waals surface area contributed by atoms with Crippen LogP contribution >= 0.6 is 0 Å². The highest BCUT2D eigenvalue weighted by atomic mass is 32.2. The maximum absolute atomic E-state index is 12.7. The van der Waals surface area contributed by atoms with E-state index in [2.05, 4.69) is 0 Å². The molecule has 11 heteroatoms. The molecular formula is C13H20N2O7S2. The van der Waals surface area contributed by atoms with Crippen molar-refractivity contribution in [2.45, 2.75) is 24.8 Å². The Bertz CT molecular complexity index is 817. The summed E-state index contributed by atoms with van der Waals surface area (Å²) in [5, 5.41) is 11.1. The predicted octanol–water partition coefficient (Wildman–Crippen LogP) is 1.05. The van der Waals surface area contributed by atoms with E-state index in [1.165, 1.54) is 19.2 Å². The fraction of sp³-hybridized carbons (Fsp3) is 0.538. The second-order valence-corrected chi connectivity index (χ2v) is 9.58. The van der Waals surface area contributed by atoms with E-state index in [4.69, 9.17) is 4.74 Å². The highest BCUT2D eigenvalue weighted by molar-refractivity contribution is 7.91. The zero-order valence-corrected chi connectivity index (χ0v) is 15.4. The van der Waals surface area contributed by atoms with E-state index in [1.54, 1.807) is 13.8 Å². The molecule has 0 saturated heterocycles. The number of sulfone groups is 1. The van der Waals surface area contributed by atoms with Crippen LogP contribution < -0.4 is 4.74 Å². The number of rotatable bonds is 8. The van der Waals surface area contributed by atoms with Crippen LogP contribution in [0, 0.1) is 10.1 Å². The average Bonchev–Trinajstić information content (AvgIpc) is 2.44. The van der Waals surface area contributed by atoms with Gasteiger partial charge in [-0.1, -0.05) is 0 Å². The van der Waals surface area contributed by atoms with Crippen molar-refractivity contribution in [3.05, 3.63) is 28.3 Å². The van der Waals surface area contributed by atoms with E-state index < -0.39 is 36.5 Å². The second-order valence-electron chi connectivity index (χ2n) is 5.43. The molecule has 0 heterocycles. The lowest BCUT2D eigenvalue weighted by molar-refractivity contribution is -0.386. The highest BCUT2D eigenvalue weighted by Gasteiger charge is 2.30. The Kier molecular flexibility index (Phi) is 6.31. The molecule has 0 unspecified atom stereocenters. The molecule has 0 aromatic heterocycles. The van der Waals surface area contributed by atoms with Gasteiger partial charge in [0.1, 0.15) is 9.84 Å². The van der Waals surface area contributed by atoms with Gasteiger partial charge in [0.15, 0.2) is 5.75 Å². The van der Waals surface area contributed by atoms with E-state index in [-0.39, 0.29) is 22.9 Å².